The molecule has 0 saturated heterocycles. The van der Waals surface area contributed by atoms with E-state index in [0.29, 0.717) is 18.1 Å². The molecular formula is C16H24ClNO3S. The predicted molar refractivity (Wildman–Crippen MR) is 91.1 cm³/mol. The third kappa shape index (κ3) is 6.46. The topological polar surface area (TPSA) is 55.4 Å². The molecule has 0 heterocycles. The molecule has 0 saturated carbocycles. The summed E-state index contributed by atoms with van der Waals surface area (Å²) in [5.74, 6) is -0.246. The van der Waals surface area contributed by atoms with Crippen molar-refractivity contribution in [3.8, 4) is 0 Å². The molecule has 1 aromatic carbocycles. The van der Waals surface area contributed by atoms with E-state index in [1.54, 1.807) is 19.1 Å². The zero-order valence-corrected chi connectivity index (χ0v) is 15.1. The number of ether oxygens (including phenoxy) is 1. The van der Waals surface area contributed by atoms with Gasteiger partial charge in [0.1, 0.15) is 0 Å². The molecule has 0 fully saturated rings. The highest BCUT2D eigenvalue weighted by Gasteiger charge is 2.24. The lowest BCUT2D eigenvalue weighted by Crippen LogP contribution is -2.36. The third-order valence-corrected chi connectivity index (χ3v) is 4.88. The van der Waals surface area contributed by atoms with Crippen LogP contribution < -0.4 is 4.72 Å². The van der Waals surface area contributed by atoms with Gasteiger partial charge in [-0.05, 0) is 51.8 Å². The molecule has 0 aliphatic carbocycles. The minimum Gasteiger partial charge on any atom is -0.466 e. The first-order valence-corrected chi connectivity index (χ1v) is 8.86. The summed E-state index contributed by atoms with van der Waals surface area (Å²) in [5.41, 5.74) is 0.950. The molecule has 0 amide bonds. The summed E-state index contributed by atoms with van der Waals surface area (Å²) in [6.45, 7) is 7.86. The van der Waals surface area contributed by atoms with Crippen LogP contribution in [-0.4, -0.2) is 21.5 Å². The van der Waals surface area contributed by atoms with E-state index in [9.17, 15) is 9.00 Å². The van der Waals surface area contributed by atoms with E-state index in [1.165, 1.54) is 0 Å². The van der Waals surface area contributed by atoms with Crippen LogP contribution in [0.3, 0.4) is 0 Å². The molecule has 0 aromatic heterocycles. The van der Waals surface area contributed by atoms with Crippen molar-refractivity contribution in [2.24, 2.45) is 0 Å². The molecule has 0 unspecified atom stereocenters. The minimum absolute atomic E-state index is 0.193. The molecule has 2 atom stereocenters. The highest BCUT2D eigenvalue weighted by atomic mass is 35.5. The molecule has 0 aliphatic rings. The number of carbonyl (C=O) groups excluding carboxylic acids is 1. The van der Waals surface area contributed by atoms with E-state index >= 15 is 0 Å². The minimum atomic E-state index is -1.23. The standard InChI is InChI=1S/C16H24ClNO3S/c1-5-21-15(19)11-10-14(18-22(20)16(2,3)4)12-6-8-13(17)9-7-12/h6-9,14,18H,5,10-11H2,1-4H3/t14-,22-/m0/s1. The van der Waals surface area contributed by atoms with Crippen LogP contribution in [0.15, 0.2) is 24.3 Å². The molecule has 0 aliphatic heterocycles. The van der Waals surface area contributed by atoms with Crippen molar-refractivity contribution >= 4 is 28.6 Å². The van der Waals surface area contributed by atoms with Crippen LogP contribution in [0.1, 0.15) is 52.1 Å². The van der Waals surface area contributed by atoms with E-state index in [1.807, 2.05) is 32.9 Å². The van der Waals surface area contributed by atoms with Crippen molar-refractivity contribution in [1.29, 1.82) is 0 Å². The number of benzene rings is 1. The number of hydrogen-bond donors (Lipinski definition) is 1. The summed E-state index contributed by atoms with van der Waals surface area (Å²) in [7, 11) is -1.23. The maximum atomic E-state index is 12.3. The van der Waals surface area contributed by atoms with Crippen LogP contribution in [0.25, 0.3) is 0 Å². The summed E-state index contributed by atoms with van der Waals surface area (Å²) in [4.78, 5) is 11.6. The quantitative estimate of drug-likeness (QED) is 0.765. The molecule has 0 radical (unpaired) electrons. The Labute approximate surface area is 140 Å². The SMILES string of the molecule is CCOC(=O)CC[C@H](N[S@@](=O)C(C)(C)C)c1ccc(Cl)cc1. The van der Waals surface area contributed by atoms with Crippen LogP contribution in [-0.2, 0) is 20.5 Å². The fourth-order valence-electron chi connectivity index (χ4n) is 1.79. The number of esters is 1. The highest BCUT2D eigenvalue weighted by Crippen LogP contribution is 2.23. The second kappa shape index (κ2) is 8.65. The molecular weight excluding hydrogens is 322 g/mol. The summed E-state index contributed by atoms with van der Waals surface area (Å²) in [5, 5.41) is 0.643. The first kappa shape index (κ1) is 19.1. The van der Waals surface area contributed by atoms with Gasteiger partial charge in [-0.25, -0.2) is 8.93 Å². The van der Waals surface area contributed by atoms with Crippen molar-refractivity contribution in [1.82, 2.24) is 4.72 Å². The van der Waals surface area contributed by atoms with E-state index in [2.05, 4.69) is 4.72 Å². The van der Waals surface area contributed by atoms with E-state index in [0.717, 1.165) is 5.56 Å². The molecule has 1 aromatic rings. The fraction of sp³-hybridized carbons (Fsp3) is 0.562. The summed E-state index contributed by atoms with van der Waals surface area (Å²) >= 11 is 5.91. The van der Waals surface area contributed by atoms with Gasteiger partial charge in [-0.15, -0.1) is 0 Å². The second-order valence-electron chi connectivity index (χ2n) is 5.95. The molecule has 22 heavy (non-hydrogen) atoms. The van der Waals surface area contributed by atoms with Gasteiger partial charge >= 0.3 is 5.97 Å². The van der Waals surface area contributed by atoms with Crippen molar-refractivity contribution in [2.75, 3.05) is 6.61 Å². The van der Waals surface area contributed by atoms with Gasteiger partial charge < -0.3 is 4.74 Å². The first-order chi connectivity index (χ1) is 10.2. The molecule has 4 nitrogen and oxygen atoms in total. The Balaban J connectivity index is 2.83. The normalized spacial score (nSPS) is 14.4. The van der Waals surface area contributed by atoms with Crippen LogP contribution in [0.4, 0.5) is 0 Å². The lowest BCUT2D eigenvalue weighted by atomic mass is 10.0. The van der Waals surface area contributed by atoms with Gasteiger partial charge in [-0.1, -0.05) is 23.7 Å². The van der Waals surface area contributed by atoms with Gasteiger partial charge in [0.15, 0.2) is 0 Å². The molecule has 124 valence electrons. The number of nitrogens with one attached hydrogen (secondary N) is 1. The smallest absolute Gasteiger partial charge is 0.305 e. The van der Waals surface area contributed by atoms with Crippen LogP contribution >= 0.6 is 11.6 Å². The Morgan fingerprint density at radius 3 is 2.41 bits per heavy atom. The molecule has 0 bridgehead atoms. The summed E-state index contributed by atoms with van der Waals surface area (Å²) < 4.78 is 20.0. The van der Waals surface area contributed by atoms with Crippen LogP contribution in [0, 0.1) is 0 Å². The summed E-state index contributed by atoms with van der Waals surface area (Å²) in [6.07, 6.45) is 0.789. The molecule has 6 heteroatoms. The van der Waals surface area contributed by atoms with Crippen molar-refractivity contribution < 1.29 is 13.7 Å². The lowest BCUT2D eigenvalue weighted by Gasteiger charge is -2.24. The largest absolute Gasteiger partial charge is 0.466 e. The average molecular weight is 346 g/mol. The predicted octanol–water partition coefficient (Wildman–Crippen LogP) is 3.78. The number of hydrogen-bond acceptors (Lipinski definition) is 3. The van der Waals surface area contributed by atoms with Crippen molar-refractivity contribution in [3.63, 3.8) is 0 Å². The Morgan fingerprint density at radius 2 is 1.91 bits per heavy atom. The molecule has 1 N–H and O–H groups in total. The van der Waals surface area contributed by atoms with Crippen molar-refractivity contribution in [3.05, 3.63) is 34.9 Å². The van der Waals surface area contributed by atoms with Gasteiger partial charge in [0.05, 0.1) is 22.3 Å². The van der Waals surface area contributed by atoms with Crippen molar-refractivity contribution in [2.45, 2.75) is 51.3 Å². The second-order valence-corrected chi connectivity index (χ2v) is 8.38. The number of rotatable bonds is 7. The average Bonchev–Trinajstić information content (AvgIpc) is 2.43. The number of halogens is 1. The van der Waals surface area contributed by atoms with Gasteiger partial charge in [-0.3, -0.25) is 4.79 Å². The van der Waals surface area contributed by atoms with E-state index < -0.39 is 11.0 Å². The zero-order chi connectivity index (χ0) is 16.8. The van der Waals surface area contributed by atoms with Crippen LogP contribution in [0.2, 0.25) is 5.02 Å². The fourth-order valence-corrected chi connectivity index (χ4v) is 2.78. The maximum absolute atomic E-state index is 12.3. The summed E-state index contributed by atoms with van der Waals surface area (Å²) in [6, 6.07) is 7.14. The zero-order valence-electron chi connectivity index (χ0n) is 13.5. The highest BCUT2D eigenvalue weighted by molar-refractivity contribution is 7.84. The van der Waals surface area contributed by atoms with Gasteiger partial charge in [0, 0.05) is 17.5 Å². The first-order valence-electron chi connectivity index (χ1n) is 7.33. The Hall–Kier alpha value is -0.910. The lowest BCUT2D eigenvalue weighted by molar-refractivity contribution is -0.143. The van der Waals surface area contributed by atoms with Gasteiger partial charge in [0.2, 0.25) is 0 Å². The van der Waals surface area contributed by atoms with Crippen LogP contribution in [0.5, 0.6) is 0 Å². The van der Waals surface area contributed by atoms with E-state index in [-0.39, 0.29) is 23.2 Å². The monoisotopic (exact) mass is 345 g/mol. The van der Waals surface area contributed by atoms with Gasteiger partial charge in [0.25, 0.3) is 0 Å². The third-order valence-electron chi connectivity index (χ3n) is 3.02. The number of carbonyl (C=O) groups is 1. The molecule has 1 rings (SSSR count). The Kier molecular flexibility index (Phi) is 7.53. The molecule has 0 spiro atoms. The van der Waals surface area contributed by atoms with E-state index in [4.69, 9.17) is 16.3 Å². The Morgan fingerprint density at radius 1 is 1.32 bits per heavy atom. The Bertz CT molecular complexity index is 511. The van der Waals surface area contributed by atoms with Gasteiger partial charge in [-0.2, -0.15) is 0 Å². The maximum Gasteiger partial charge on any atom is 0.305 e.